The molecular formula is C14H18N6O2. The minimum absolute atomic E-state index is 0.144. The Hall–Kier alpha value is -2.16. The van der Waals surface area contributed by atoms with Crippen molar-refractivity contribution in [3.05, 3.63) is 36.5 Å². The Balaban J connectivity index is 1.70. The summed E-state index contributed by atoms with van der Waals surface area (Å²) in [6, 6.07) is 1.75. The molecule has 0 spiro atoms. The van der Waals surface area contributed by atoms with E-state index in [0.29, 0.717) is 31.5 Å². The summed E-state index contributed by atoms with van der Waals surface area (Å²) >= 11 is 0. The number of morpholine rings is 1. The van der Waals surface area contributed by atoms with E-state index >= 15 is 0 Å². The summed E-state index contributed by atoms with van der Waals surface area (Å²) < 4.78 is 5.76. The summed E-state index contributed by atoms with van der Waals surface area (Å²) in [5.41, 5.74) is 0.753. The van der Waals surface area contributed by atoms with E-state index in [2.05, 4.69) is 30.2 Å². The molecule has 0 aromatic carbocycles. The summed E-state index contributed by atoms with van der Waals surface area (Å²) in [6.45, 7) is 2.92. The van der Waals surface area contributed by atoms with Crippen LogP contribution in [0.15, 0.2) is 30.9 Å². The Morgan fingerprint density at radius 2 is 2.18 bits per heavy atom. The quantitative estimate of drug-likeness (QED) is 0.818. The molecular weight excluding hydrogens is 284 g/mol. The SMILES string of the molecule is OCCN1CCOC(c2cncc(Nc3ncccn3)n2)C1. The van der Waals surface area contributed by atoms with Crippen molar-refractivity contribution in [1.29, 1.82) is 0 Å². The predicted octanol–water partition coefficient (Wildman–Crippen LogP) is 0.376. The van der Waals surface area contributed by atoms with Crippen molar-refractivity contribution in [2.75, 3.05) is 38.2 Å². The van der Waals surface area contributed by atoms with Crippen LogP contribution in [0.3, 0.4) is 0 Å². The number of nitrogens with zero attached hydrogens (tertiary/aromatic N) is 5. The Labute approximate surface area is 128 Å². The lowest BCUT2D eigenvalue weighted by atomic mass is 10.2. The molecule has 22 heavy (non-hydrogen) atoms. The monoisotopic (exact) mass is 302 g/mol. The van der Waals surface area contributed by atoms with Gasteiger partial charge < -0.3 is 15.2 Å². The van der Waals surface area contributed by atoms with E-state index in [1.54, 1.807) is 30.9 Å². The highest BCUT2D eigenvalue weighted by molar-refractivity contribution is 5.45. The van der Waals surface area contributed by atoms with E-state index in [9.17, 15) is 0 Å². The summed E-state index contributed by atoms with van der Waals surface area (Å²) in [7, 11) is 0. The minimum Gasteiger partial charge on any atom is -0.395 e. The molecule has 2 aromatic rings. The lowest BCUT2D eigenvalue weighted by molar-refractivity contribution is -0.0358. The van der Waals surface area contributed by atoms with E-state index in [1.165, 1.54) is 0 Å². The van der Waals surface area contributed by atoms with E-state index in [-0.39, 0.29) is 12.7 Å². The molecule has 1 aliphatic heterocycles. The number of aromatic nitrogens is 4. The summed E-state index contributed by atoms with van der Waals surface area (Å²) in [5, 5.41) is 12.1. The van der Waals surface area contributed by atoms with Crippen LogP contribution in [-0.4, -0.2) is 62.8 Å². The molecule has 1 aliphatic rings. The molecule has 0 amide bonds. The number of hydrogen-bond acceptors (Lipinski definition) is 8. The van der Waals surface area contributed by atoms with Crippen LogP contribution in [0.25, 0.3) is 0 Å². The van der Waals surface area contributed by atoms with Crippen LogP contribution < -0.4 is 5.32 Å². The molecule has 1 fully saturated rings. The first-order valence-electron chi connectivity index (χ1n) is 7.16. The molecule has 0 saturated carbocycles. The van der Waals surface area contributed by atoms with Crippen molar-refractivity contribution in [2.45, 2.75) is 6.10 Å². The summed E-state index contributed by atoms with van der Waals surface area (Å²) in [4.78, 5) is 19.1. The number of rotatable bonds is 5. The highest BCUT2D eigenvalue weighted by Crippen LogP contribution is 2.21. The Morgan fingerprint density at radius 1 is 1.32 bits per heavy atom. The van der Waals surface area contributed by atoms with Crippen LogP contribution in [-0.2, 0) is 4.74 Å². The standard InChI is InChI=1S/C14H18N6O2/c21-6-4-20-5-7-22-12(10-20)11-8-15-9-13(18-11)19-14-16-2-1-3-17-14/h1-3,8-9,12,21H,4-7,10H2,(H,16,17,18,19). The van der Waals surface area contributed by atoms with Crippen molar-refractivity contribution in [3.63, 3.8) is 0 Å². The van der Waals surface area contributed by atoms with Gasteiger partial charge in [-0.25, -0.2) is 15.0 Å². The van der Waals surface area contributed by atoms with Gasteiger partial charge in [0.1, 0.15) is 6.10 Å². The lowest BCUT2D eigenvalue weighted by Crippen LogP contribution is -2.40. The number of ether oxygens (including phenoxy) is 1. The molecule has 1 atom stereocenters. The second-order valence-electron chi connectivity index (χ2n) is 4.91. The zero-order chi connectivity index (χ0) is 15.2. The number of aliphatic hydroxyl groups is 1. The van der Waals surface area contributed by atoms with Crippen LogP contribution >= 0.6 is 0 Å². The van der Waals surface area contributed by atoms with Gasteiger partial charge in [0.15, 0.2) is 5.82 Å². The van der Waals surface area contributed by atoms with Crippen molar-refractivity contribution in [1.82, 2.24) is 24.8 Å². The molecule has 0 radical (unpaired) electrons. The largest absolute Gasteiger partial charge is 0.395 e. The zero-order valence-electron chi connectivity index (χ0n) is 12.1. The number of anilines is 2. The van der Waals surface area contributed by atoms with E-state index < -0.39 is 0 Å². The van der Waals surface area contributed by atoms with E-state index in [4.69, 9.17) is 9.84 Å². The normalized spacial score (nSPS) is 19.0. The molecule has 116 valence electrons. The summed E-state index contributed by atoms with van der Waals surface area (Å²) in [6.07, 6.45) is 6.48. The van der Waals surface area contributed by atoms with Crippen LogP contribution in [0.1, 0.15) is 11.8 Å². The van der Waals surface area contributed by atoms with Crippen molar-refractivity contribution >= 4 is 11.8 Å². The topological polar surface area (TPSA) is 96.3 Å². The van der Waals surface area contributed by atoms with Crippen molar-refractivity contribution < 1.29 is 9.84 Å². The molecule has 3 rings (SSSR count). The van der Waals surface area contributed by atoms with Gasteiger partial charge in [-0.2, -0.15) is 0 Å². The third-order valence-corrected chi connectivity index (χ3v) is 3.36. The first kappa shape index (κ1) is 14.8. The second-order valence-corrected chi connectivity index (χ2v) is 4.91. The van der Waals surface area contributed by atoms with Gasteiger partial charge in [0.25, 0.3) is 0 Å². The predicted molar refractivity (Wildman–Crippen MR) is 79.6 cm³/mol. The first-order chi connectivity index (χ1) is 10.8. The number of nitrogens with one attached hydrogen (secondary N) is 1. The van der Waals surface area contributed by atoms with Gasteiger partial charge in [-0.3, -0.25) is 9.88 Å². The maximum absolute atomic E-state index is 9.05. The van der Waals surface area contributed by atoms with Crippen LogP contribution in [0.5, 0.6) is 0 Å². The molecule has 1 unspecified atom stereocenters. The zero-order valence-corrected chi connectivity index (χ0v) is 12.1. The first-order valence-corrected chi connectivity index (χ1v) is 7.16. The molecule has 0 aliphatic carbocycles. The van der Waals surface area contributed by atoms with Gasteiger partial charge in [-0.05, 0) is 6.07 Å². The van der Waals surface area contributed by atoms with Gasteiger partial charge in [-0.15, -0.1) is 0 Å². The van der Waals surface area contributed by atoms with Crippen molar-refractivity contribution in [2.24, 2.45) is 0 Å². The van der Waals surface area contributed by atoms with Gasteiger partial charge >= 0.3 is 0 Å². The average molecular weight is 302 g/mol. The third-order valence-electron chi connectivity index (χ3n) is 3.36. The van der Waals surface area contributed by atoms with Crippen LogP contribution in [0.2, 0.25) is 0 Å². The molecule has 2 N–H and O–H groups in total. The number of β-amino-alcohol motifs (C(OH)–C–C–N with tert-alkyl or cyclic N) is 1. The number of hydrogen-bond donors (Lipinski definition) is 2. The fourth-order valence-corrected chi connectivity index (χ4v) is 2.30. The van der Waals surface area contributed by atoms with Crippen LogP contribution in [0, 0.1) is 0 Å². The maximum Gasteiger partial charge on any atom is 0.228 e. The Morgan fingerprint density at radius 3 is 3.00 bits per heavy atom. The molecule has 8 heteroatoms. The highest BCUT2D eigenvalue weighted by Gasteiger charge is 2.23. The Kier molecular flexibility index (Phi) is 4.84. The third kappa shape index (κ3) is 3.73. The molecule has 2 aromatic heterocycles. The lowest BCUT2D eigenvalue weighted by Gasteiger charge is -2.32. The maximum atomic E-state index is 9.05. The minimum atomic E-state index is -0.147. The summed E-state index contributed by atoms with van der Waals surface area (Å²) in [5.74, 6) is 1.05. The van der Waals surface area contributed by atoms with Crippen LogP contribution in [0.4, 0.5) is 11.8 Å². The average Bonchev–Trinajstić information content (AvgIpc) is 2.57. The van der Waals surface area contributed by atoms with E-state index in [1.807, 2.05) is 0 Å². The molecule has 0 bridgehead atoms. The highest BCUT2D eigenvalue weighted by atomic mass is 16.5. The fourth-order valence-electron chi connectivity index (χ4n) is 2.30. The van der Waals surface area contributed by atoms with Gasteiger partial charge in [0.05, 0.1) is 31.3 Å². The second kappa shape index (κ2) is 7.21. The molecule has 1 saturated heterocycles. The molecule has 8 nitrogen and oxygen atoms in total. The van der Waals surface area contributed by atoms with Gasteiger partial charge in [-0.1, -0.05) is 0 Å². The van der Waals surface area contributed by atoms with Crippen molar-refractivity contribution in [3.8, 4) is 0 Å². The smallest absolute Gasteiger partial charge is 0.228 e. The Bertz CT molecular complexity index is 595. The van der Waals surface area contributed by atoms with E-state index in [0.717, 1.165) is 12.2 Å². The fraction of sp³-hybridized carbons (Fsp3) is 0.429. The van der Waals surface area contributed by atoms with Gasteiger partial charge in [0, 0.05) is 32.0 Å². The van der Waals surface area contributed by atoms with Gasteiger partial charge in [0.2, 0.25) is 5.95 Å². The number of aliphatic hydroxyl groups excluding tert-OH is 1. The molecule has 3 heterocycles.